The van der Waals surface area contributed by atoms with E-state index in [4.69, 9.17) is 9.84 Å². The quantitative estimate of drug-likeness (QED) is 0.264. The summed E-state index contributed by atoms with van der Waals surface area (Å²) in [6.07, 6.45) is 20.2. The van der Waals surface area contributed by atoms with Gasteiger partial charge in [0.15, 0.2) is 0 Å². The van der Waals surface area contributed by atoms with E-state index >= 15 is 0 Å². The van der Waals surface area contributed by atoms with Gasteiger partial charge in [-0.2, -0.15) is 0 Å². The van der Waals surface area contributed by atoms with Crippen LogP contribution in [0.3, 0.4) is 0 Å². The van der Waals surface area contributed by atoms with E-state index in [0.29, 0.717) is 16.9 Å². The van der Waals surface area contributed by atoms with Gasteiger partial charge in [0.25, 0.3) is 0 Å². The Morgan fingerprint density at radius 3 is 2.55 bits per heavy atom. The van der Waals surface area contributed by atoms with E-state index in [0.717, 1.165) is 61.4 Å². The fraction of sp³-hybridized carbons (Fsp3) is 0.935. The van der Waals surface area contributed by atoms with Crippen LogP contribution in [0.15, 0.2) is 11.6 Å². The largest absolute Gasteiger partial charge is 0.396 e. The number of hydrogen-bond donors (Lipinski definition) is 1. The van der Waals surface area contributed by atoms with Gasteiger partial charge in [0.05, 0.1) is 6.10 Å². The van der Waals surface area contributed by atoms with Gasteiger partial charge in [-0.1, -0.05) is 65.5 Å². The zero-order chi connectivity index (χ0) is 23.6. The molecule has 4 aliphatic carbocycles. The maximum Gasteiger partial charge on any atom is 0.0612 e. The summed E-state index contributed by atoms with van der Waals surface area (Å²) in [6.45, 7) is 13.8. The van der Waals surface area contributed by atoms with Gasteiger partial charge in [0.1, 0.15) is 0 Å². The second-order valence-electron chi connectivity index (χ2n) is 13.5. The minimum Gasteiger partial charge on any atom is -0.396 e. The lowest BCUT2D eigenvalue weighted by molar-refractivity contribution is -0.0642. The number of ether oxygens (including phenoxy) is 1. The summed E-state index contributed by atoms with van der Waals surface area (Å²) in [6, 6.07) is 0. The first kappa shape index (κ1) is 25.7. The average molecular weight is 459 g/mol. The van der Waals surface area contributed by atoms with E-state index in [-0.39, 0.29) is 6.61 Å². The molecule has 0 aliphatic heterocycles. The van der Waals surface area contributed by atoms with E-state index in [1.807, 2.05) is 0 Å². The molecule has 0 saturated heterocycles. The van der Waals surface area contributed by atoms with E-state index in [9.17, 15) is 0 Å². The monoisotopic (exact) mass is 458 g/mol. The Kier molecular flexibility index (Phi) is 8.37. The molecule has 2 nitrogen and oxygen atoms in total. The standard InChI is InChI=1S/C31H54O2/c1-22(2)9-8-10-23(3)27-13-14-28-26-12-11-24-21-25(33-20-7-6-19-32)15-17-30(24,4)29(26)16-18-31(27,28)5/h11,22-23,25-29,32H,6-10,12-21H2,1-5H3/t23-,25-,26?,27+,28?,29?,30-,31+/m1/s1. The Morgan fingerprint density at radius 1 is 0.970 bits per heavy atom. The van der Waals surface area contributed by atoms with Crippen LogP contribution in [0.25, 0.3) is 0 Å². The molecule has 0 spiro atoms. The lowest BCUT2D eigenvalue weighted by atomic mass is 9.47. The number of aliphatic hydroxyl groups is 1. The number of aliphatic hydroxyl groups excluding tert-OH is 1. The predicted molar refractivity (Wildman–Crippen MR) is 139 cm³/mol. The average Bonchev–Trinajstić information content (AvgIpc) is 3.14. The molecule has 8 atom stereocenters. The van der Waals surface area contributed by atoms with Gasteiger partial charge in [0.2, 0.25) is 0 Å². The maximum absolute atomic E-state index is 9.02. The van der Waals surface area contributed by atoms with Crippen LogP contribution >= 0.6 is 0 Å². The van der Waals surface area contributed by atoms with Gasteiger partial charge in [-0.05, 0) is 111 Å². The van der Waals surface area contributed by atoms with E-state index in [1.54, 1.807) is 5.57 Å². The summed E-state index contributed by atoms with van der Waals surface area (Å²) in [4.78, 5) is 0. The molecule has 3 saturated carbocycles. The minimum atomic E-state index is 0.290. The molecule has 0 aromatic carbocycles. The van der Waals surface area contributed by atoms with Crippen molar-refractivity contribution in [3.8, 4) is 0 Å². The summed E-state index contributed by atoms with van der Waals surface area (Å²) in [5.74, 6) is 5.49. The molecular weight excluding hydrogens is 404 g/mol. The first-order valence-electron chi connectivity index (χ1n) is 14.7. The van der Waals surface area contributed by atoms with Crippen molar-refractivity contribution in [2.24, 2.45) is 46.3 Å². The Hall–Kier alpha value is -0.340. The van der Waals surface area contributed by atoms with Crippen LogP contribution < -0.4 is 0 Å². The van der Waals surface area contributed by atoms with Gasteiger partial charge in [0, 0.05) is 13.2 Å². The molecule has 0 aromatic rings. The highest BCUT2D eigenvalue weighted by Gasteiger charge is 2.59. The zero-order valence-corrected chi connectivity index (χ0v) is 22.6. The smallest absolute Gasteiger partial charge is 0.0612 e. The van der Waals surface area contributed by atoms with Gasteiger partial charge >= 0.3 is 0 Å². The molecule has 2 heteroatoms. The molecule has 4 aliphatic rings. The zero-order valence-electron chi connectivity index (χ0n) is 22.6. The number of rotatable bonds is 10. The first-order valence-corrected chi connectivity index (χ1v) is 14.7. The summed E-state index contributed by atoms with van der Waals surface area (Å²) in [7, 11) is 0. The van der Waals surface area contributed by atoms with Gasteiger partial charge in [-0.25, -0.2) is 0 Å². The second-order valence-corrected chi connectivity index (χ2v) is 13.5. The van der Waals surface area contributed by atoms with E-state index in [2.05, 4.69) is 40.7 Å². The Morgan fingerprint density at radius 2 is 1.79 bits per heavy atom. The molecule has 1 N–H and O–H groups in total. The first-order chi connectivity index (χ1) is 15.8. The molecule has 0 aromatic heterocycles. The van der Waals surface area contributed by atoms with Crippen molar-refractivity contribution in [3.05, 3.63) is 11.6 Å². The number of allylic oxidation sites excluding steroid dienone is 1. The minimum absolute atomic E-state index is 0.290. The second kappa shape index (κ2) is 10.7. The molecule has 0 radical (unpaired) electrons. The Labute approximate surface area is 205 Å². The summed E-state index contributed by atoms with van der Waals surface area (Å²) in [5.41, 5.74) is 2.76. The Balaban J connectivity index is 1.40. The van der Waals surface area contributed by atoms with Crippen molar-refractivity contribution in [2.75, 3.05) is 13.2 Å². The number of unbranched alkanes of at least 4 members (excludes halogenated alkanes) is 1. The fourth-order valence-corrected chi connectivity index (χ4v) is 9.26. The van der Waals surface area contributed by atoms with Crippen LogP contribution in [0, 0.1) is 46.3 Å². The van der Waals surface area contributed by atoms with Crippen LogP contribution in [0.5, 0.6) is 0 Å². The van der Waals surface area contributed by atoms with Gasteiger partial charge in [-0.15, -0.1) is 0 Å². The van der Waals surface area contributed by atoms with Crippen molar-refractivity contribution >= 4 is 0 Å². The van der Waals surface area contributed by atoms with Crippen molar-refractivity contribution in [1.29, 1.82) is 0 Å². The van der Waals surface area contributed by atoms with Crippen molar-refractivity contribution in [2.45, 2.75) is 124 Å². The number of hydrogen-bond acceptors (Lipinski definition) is 2. The van der Waals surface area contributed by atoms with Crippen LogP contribution in [-0.4, -0.2) is 24.4 Å². The molecule has 33 heavy (non-hydrogen) atoms. The van der Waals surface area contributed by atoms with Crippen molar-refractivity contribution in [3.63, 3.8) is 0 Å². The third-order valence-corrected chi connectivity index (χ3v) is 11.2. The molecule has 3 unspecified atom stereocenters. The highest BCUT2D eigenvalue weighted by atomic mass is 16.5. The van der Waals surface area contributed by atoms with E-state index < -0.39 is 0 Å². The van der Waals surface area contributed by atoms with E-state index in [1.165, 1.54) is 64.2 Å². The summed E-state index contributed by atoms with van der Waals surface area (Å²) < 4.78 is 6.24. The maximum atomic E-state index is 9.02. The van der Waals surface area contributed by atoms with Gasteiger partial charge < -0.3 is 9.84 Å². The number of fused-ring (bicyclic) bond motifs is 5. The summed E-state index contributed by atoms with van der Waals surface area (Å²) >= 11 is 0. The highest BCUT2D eigenvalue weighted by molar-refractivity contribution is 5.25. The fourth-order valence-electron chi connectivity index (χ4n) is 9.26. The molecule has 0 amide bonds. The summed E-state index contributed by atoms with van der Waals surface area (Å²) in [5, 5.41) is 9.02. The van der Waals surface area contributed by atoms with Crippen molar-refractivity contribution < 1.29 is 9.84 Å². The molecule has 3 fully saturated rings. The molecule has 190 valence electrons. The van der Waals surface area contributed by atoms with Crippen LogP contribution in [-0.2, 0) is 4.74 Å². The lowest BCUT2D eigenvalue weighted by Gasteiger charge is -2.58. The van der Waals surface area contributed by atoms with Gasteiger partial charge in [-0.3, -0.25) is 0 Å². The predicted octanol–water partition coefficient (Wildman–Crippen LogP) is 8.19. The van der Waals surface area contributed by atoms with Crippen LogP contribution in [0.4, 0.5) is 0 Å². The molecule has 0 heterocycles. The SMILES string of the molecule is CC(C)CCC[C@@H](C)[C@@H]1CCC2C3CC=C4C[C@H](OCCCCO)CC[C@@]4(C)C3CC[C@]21C. The lowest BCUT2D eigenvalue weighted by Crippen LogP contribution is -2.51. The third-order valence-electron chi connectivity index (χ3n) is 11.2. The van der Waals surface area contributed by atoms with Crippen LogP contribution in [0.1, 0.15) is 118 Å². The molecule has 0 bridgehead atoms. The van der Waals surface area contributed by atoms with Crippen molar-refractivity contribution in [1.82, 2.24) is 0 Å². The normalized spacial score (nSPS) is 41.3. The third kappa shape index (κ3) is 5.13. The molecule has 4 rings (SSSR count). The van der Waals surface area contributed by atoms with Crippen LogP contribution in [0.2, 0.25) is 0 Å². The highest BCUT2D eigenvalue weighted by Crippen LogP contribution is 2.67. The Bertz CT molecular complexity index is 668. The topological polar surface area (TPSA) is 29.5 Å². The molecular formula is C31H54O2.